The monoisotopic (exact) mass is 612 g/mol. The minimum Gasteiger partial charge on any atom is -0.550 e. The summed E-state index contributed by atoms with van der Waals surface area (Å²) in [5.74, 6) is -2.16. The van der Waals surface area contributed by atoms with Gasteiger partial charge in [0.15, 0.2) is 0 Å². The number of carbonyl (C=O) groups excluding carboxylic acids is 3. The van der Waals surface area contributed by atoms with Crippen LogP contribution < -0.4 is 15.3 Å². The van der Waals surface area contributed by atoms with Crippen LogP contribution in [0.25, 0.3) is 0 Å². The maximum Gasteiger partial charge on any atom is 0.105 e. The minimum atomic E-state index is -1.01. The average Bonchev–Trinajstić information content (AvgIpc) is 2.71. The van der Waals surface area contributed by atoms with E-state index >= 15 is 0 Å². The zero-order chi connectivity index (χ0) is 22.9. The van der Waals surface area contributed by atoms with Crippen molar-refractivity contribution in [2.24, 2.45) is 0 Å². The molecule has 0 aromatic carbocycles. The number of hydrogen-bond acceptors (Lipinski definition) is 7. The number of carbonyl (C=O) groups is 3. The standard InChI is InChI=1S/C7H7O.3C5H8O2.Pb/c1-8-7-5-3-2-4-6-7;3*1-2-3-4-5(6)7;/h3-6H,1H3;3*2H,1,3-4H2,(H,6,7);/p-3. The molecule has 0 fully saturated rings. The SMILES string of the molecule is C=CCCC(=O)[O-].C=CCCC(=O)[O-].C=CCCC(=O)[O-].COC1=CC=C=C[CH]1.[Pb]. The summed E-state index contributed by atoms with van der Waals surface area (Å²) in [6.07, 6.45) is 13.8. The molecule has 1 rings (SSSR count). The summed E-state index contributed by atoms with van der Waals surface area (Å²) in [5.41, 5.74) is 2.89. The predicted molar refractivity (Wildman–Crippen MR) is 111 cm³/mol. The maximum atomic E-state index is 9.60. The van der Waals surface area contributed by atoms with Gasteiger partial charge >= 0.3 is 0 Å². The topological polar surface area (TPSA) is 130 Å². The molecule has 0 aliphatic heterocycles. The molecule has 0 atom stereocenters. The third kappa shape index (κ3) is 40.3. The zero-order valence-electron chi connectivity index (χ0n) is 17.3. The van der Waals surface area contributed by atoms with Crippen LogP contribution in [0.3, 0.4) is 0 Å². The van der Waals surface area contributed by atoms with Gasteiger partial charge in [0.1, 0.15) is 5.76 Å². The molecule has 1 aliphatic rings. The molecule has 0 unspecified atom stereocenters. The van der Waals surface area contributed by atoms with Crippen molar-refractivity contribution in [3.8, 4) is 0 Å². The van der Waals surface area contributed by atoms with Crippen molar-refractivity contribution in [3.63, 3.8) is 0 Å². The molecule has 0 spiro atoms. The number of ether oxygens (including phenoxy) is 1. The van der Waals surface area contributed by atoms with Crippen molar-refractivity contribution in [2.45, 2.75) is 38.5 Å². The smallest absolute Gasteiger partial charge is 0.105 e. The first kappa shape index (κ1) is 35.1. The number of rotatable bonds is 10. The molecular weight excluding hydrogens is 583 g/mol. The maximum absolute atomic E-state index is 9.60. The molecule has 0 saturated heterocycles. The Hall–Kier alpha value is -2.39. The molecule has 0 heterocycles. The van der Waals surface area contributed by atoms with Crippen LogP contribution in [0.1, 0.15) is 38.5 Å². The van der Waals surface area contributed by atoms with Crippen LogP contribution in [-0.2, 0) is 19.1 Å². The molecule has 7 nitrogen and oxygen atoms in total. The Bertz CT molecular complexity index is 548. The minimum absolute atomic E-state index is 0. The summed E-state index contributed by atoms with van der Waals surface area (Å²) in [5, 5.41) is 28.8. The van der Waals surface area contributed by atoms with Crippen LogP contribution in [0.2, 0.25) is 0 Å². The quantitative estimate of drug-likeness (QED) is 0.196. The van der Waals surface area contributed by atoms with Crippen LogP contribution in [0.4, 0.5) is 0 Å². The number of carboxylic acid groups (broad SMARTS) is 3. The van der Waals surface area contributed by atoms with Gasteiger partial charge in [-0.1, -0.05) is 18.2 Å². The summed E-state index contributed by atoms with van der Waals surface area (Å²) in [4.78, 5) is 28.8. The Morgan fingerprint density at radius 1 is 0.867 bits per heavy atom. The second-order valence-electron chi connectivity index (χ2n) is 5.04. The van der Waals surface area contributed by atoms with Gasteiger partial charge in [0.2, 0.25) is 0 Å². The summed E-state index contributed by atoms with van der Waals surface area (Å²) >= 11 is 0. The van der Waals surface area contributed by atoms with Gasteiger partial charge in [-0.3, -0.25) is 0 Å². The van der Waals surface area contributed by atoms with Gasteiger partial charge in [0, 0.05) is 45.2 Å². The predicted octanol–water partition coefficient (Wildman–Crippen LogP) is 0.173. The number of hydrogen-bond donors (Lipinski definition) is 0. The summed E-state index contributed by atoms with van der Waals surface area (Å²) < 4.78 is 4.89. The van der Waals surface area contributed by atoms with Gasteiger partial charge in [-0.15, -0.1) is 25.5 Å². The molecule has 5 radical (unpaired) electrons. The van der Waals surface area contributed by atoms with Crippen LogP contribution >= 0.6 is 0 Å². The van der Waals surface area contributed by atoms with E-state index in [9.17, 15) is 29.7 Å². The fourth-order valence-corrected chi connectivity index (χ4v) is 1.17. The Labute approximate surface area is 199 Å². The van der Waals surface area contributed by atoms with Crippen molar-refractivity contribution in [3.05, 3.63) is 74.1 Å². The summed E-state index contributed by atoms with van der Waals surface area (Å²) in [6, 6.07) is 0. The largest absolute Gasteiger partial charge is 0.550 e. The number of methoxy groups -OCH3 is 1. The van der Waals surface area contributed by atoms with E-state index in [1.54, 1.807) is 25.3 Å². The molecule has 0 amide bonds. The van der Waals surface area contributed by atoms with Gasteiger partial charge in [-0.05, 0) is 56.8 Å². The molecule has 0 bridgehead atoms. The zero-order valence-corrected chi connectivity index (χ0v) is 21.2. The first-order valence-corrected chi connectivity index (χ1v) is 8.67. The Morgan fingerprint density at radius 2 is 1.23 bits per heavy atom. The van der Waals surface area contributed by atoms with E-state index in [4.69, 9.17) is 4.74 Å². The molecule has 30 heavy (non-hydrogen) atoms. The van der Waals surface area contributed by atoms with E-state index in [0.29, 0.717) is 19.3 Å². The van der Waals surface area contributed by atoms with E-state index in [-0.39, 0.29) is 46.6 Å². The molecule has 0 N–H and O–H groups in total. The molecular formula is C22H28O7Pb-3. The Kier molecular flexibility index (Phi) is 33.7. The van der Waals surface area contributed by atoms with E-state index < -0.39 is 17.9 Å². The van der Waals surface area contributed by atoms with Crippen LogP contribution in [-0.4, -0.2) is 52.3 Å². The molecule has 1 aliphatic carbocycles. The molecule has 8 heteroatoms. The third-order valence-corrected chi connectivity index (χ3v) is 2.58. The second kappa shape index (κ2) is 28.8. The molecule has 165 valence electrons. The van der Waals surface area contributed by atoms with Crippen LogP contribution in [0, 0.1) is 6.42 Å². The van der Waals surface area contributed by atoms with Gasteiger partial charge in [-0.2, -0.15) is 0 Å². The van der Waals surface area contributed by atoms with Crippen molar-refractivity contribution in [1.82, 2.24) is 0 Å². The molecule has 0 aromatic heterocycles. The first-order chi connectivity index (χ1) is 13.7. The molecule has 0 aromatic rings. The number of carboxylic acids is 3. The van der Waals surface area contributed by atoms with E-state index in [1.165, 1.54) is 0 Å². The Morgan fingerprint density at radius 3 is 1.37 bits per heavy atom. The normalized spacial score (nSPS) is 9.83. The van der Waals surface area contributed by atoms with Gasteiger partial charge < -0.3 is 34.4 Å². The second-order valence-corrected chi connectivity index (χ2v) is 5.04. The number of aliphatic carboxylic acids is 3. The Balaban J connectivity index is -0.000000149. The summed E-state index contributed by atoms with van der Waals surface area (Å²) in [7, 11) is 1.65. The van der Waals surface area contributed by atoms with Crippen LogP contribution in [0.5, 0.6) is 0 Å². The summed E-state index contributed by atoms with van der Waals surface area (Å²) in [6.45, 7) is 10.0. The van der Waals surface area contributed by atoms with Crippen LogP contribution in [0.15, 0.2) is 67.7 Å². The van der Waals surface area contributed by atoms with Crippen molar-refractivity contribution in [1.29, 1.82) is 0 Å². The molecule has 0 saturated carbocycles. The van der Waals surface area contributed by atoms with Crippen molar-refractivity contribution < 1.29 is 34.4 Å². The van der Waals surface area contributed by atoms with Crippen molar-refractivity contribution in [2.75, 3.05) is 7.11 Å². The van der Waals surface area contributed by atoms with Gasteiger partial charge in [0.05, 0.1) is 13.5 Å². The fraction of sp³-hybridized carbons (Fsp3) is 0.318. The van der Waals surface area contributed by atoms with E-state index in [0.717, 1.165) is 5.76 Å². The van der Waals surface area contributed by atoms with Gasteiger partial charge in [0.25, 0.3) is 0 Å². The average molecular weight is 612 g/mol. The number of allylic oxidation sites excluding steroid dienone is 5. The van der Waals surface area contributed by atoms with Crippen molar-refractivity contribution >= 4 is 45.2 Å². The fourth-order valence-electron chi connectivity index (χ4n) is 1.17. The first-order valence-electron chi connectivity index (χ1n) is 8.67. The van der Waals surface area contributed by atoms with Gasteiger partial charge in [-0.25, -0.2) is 0 Å². The van der Waals surface area contributed by atoms with E-state index in [1.807, 2.05) is 24.6 Å². The van der Waals surface area contributed by atoms with E-state index in [2.05, 4.69) is 25.5 Å². The third-order valence-electron chi connectivity index (χ3n) is 2.58.